The zero-order valence-corrected chi connectivity index (χ0v) is 8.59. The molecular formula is C12H15FO. The molecule has 0 aromatic heterocycles. The Hall–Kier alpha value is -1.31. The molecule has 0 aliphatic heterocycles. The highest BCUT2D eigenvalue weighted by Gasteiger charge is 2.10. The second-order valence-corrected chi connectivity index (χ2v) is 3.31. The van der Waals surface area contributed by atoms with Gasteiger partial charge in [0.25, 0.3) is 0 Å². The van der Waals surface area contributed by atoms with Gasteiger partial charge in [0.2, 0.25) is 0 Å². The van der Waals surface area contributed by atoms with Crippen molar-refractivity contribution in [1.29, 1.82) is 0 Å². The number of halogens is 1. The summed E-state index contributed by atoms with van der Waals surface area (Å²) in [5.41, 5.74) is 0.896. The molecule has 0 saturated heterocycles. The van der Waals surface area contributed by atoms with Crippen molar-refractivity contribution in [1.82, 2.24) is 0 Å². The van der Waals surface area contributed by atoms with Crippen LogP contribution in [0.2, 0.25) is 0 Å². The highest BCUT2D eigenvalue weighted by Crippen LogP contribution is 2.29. The Balaban J connectivity index is 3.02. The third-order valence-corrected chi connectivity index (χ3v) is 2.24. The van der Waals surface area contributed by atoms with Crippen molar-refractivity contribution in [2.24, 2.45) is 0 Å². The second kappa shape index (κ2) is 4.80. The quantitative estimate of drug-likeness (QED) is 0.666. The Labute approximate surface area is 84.2 Å². The molecule has 0 fully saturated rings. The lowest BCUT2D eigenvalue weighted by molar-refractivity contribution is 0.405. The summed E-state index contributed by atoms with van der Waals surface area (Å²) in [4.78, 5) is 0. The van der Waals surface area contributed by atoms with E-state index in [2.05, 4.69) is 6.58 Å². The molecule has 0 aliphatic rings. The third-order valence-electron chi connectivity index (χ3n) is 2.24. The van der Waals surface area contributed by atoms with Crippen LogP contribution in [0.1, 0.15) is 24.8 Å². The van der Waals surface area contributed by atoms with Gasteiger partial charge in [-0.2, -0.15) is 0 Å². The first-order chi connectivity index (χ1) is 6.69. The molecule has 0 radical (unpaired) electrons. The number of rotatable bonds is 4. The predicted molar refractivity (Wildman–Crippen MR) is 56.2 cm³/mol. The van der Waals surface area contributed by atoms with Crippen LogP contribution in [0.15, 0.2) is 30.9 Å². The van der Waals surface area contributed by atoms with Crippen LogP contribution < -0.4 is 4.74 Å². The van der Waals surface area contributed by atoms with Crippen molar-refractivity contribution in [3.8, 4) is 5.75 Å². The summed E-state index contributed by atoms with van der Waals surface area (Å²) in [7, 11) is 1.59. The van der Waals surface area contributed by atoms with Gasteiger partial charge in [0, 0.05) is 5.56 Å². The maximum absolute atomic E-state index is 13.0. The molecule has 76 valence electrons. The topological polar surface area (TPSA) is 9.23 Å². The fourth-order valence-electron chi connectivity index (χ4n) is 1.47. The van der Waals surface area contributed by atoms with Crippen molar-refractivity contribution in [2.75, 3.05) is 7.11 Å². The van der Waals surface area contributed by atoms with Crippen molar-refractivity contribution in [3.63, 3.8) is 0 Å². The Morgan fingerprint density at radius 3 is 2.86 bits per heavy atom. The van der Waals surface area contributed by atoms with Crippen LogP contribution >= 0.6 is 0 Å². The van der Waals surface area contributed by atoms with Crippen LogP contribution in [-0.2, 0) is 0 Å². The molecule has 0 saturated carbocycles. The lowest BCUT2D eigenvalue weighted by Gasteiger charge is -2.13. The number of hydrogen-bond donors (Lipinski definition) is 0. The largest absolute Gasteiger partial charge is 0.496 e. The molecule has 0 heterocycles. The van der Waals surface area contributed by atoms with Gasteiger partial charge in [-0.15, -0.1) is 6.58 Å². The minimum atomic E-state index is -0.225. The van der Waals surface area contributed by atoms with Gasteiger partial charge >= 0.3 is 0 Å². The fourth-order valence-corrected chi connectivity index (χ4v) is 1.47. The van der Waals surface area contributed by atoms with E-state index in [0.29, 0.717) is 0 Å². The van der Waals surface area contributed by atoms with Crippen molar-refractivity contribution in [2.45, 2.75) is 19.3 Å². The van der Waals surface area contributed by atoms with Crippen molar-refractivity contribution in [3.05, 3.63) is 42.2 Å². The highest BCUT2D eigenvalue weighted by atomic mass is 19.1. The lowest BCUT2D eigenvalue weighted by Crippen LogP contribution is -1.97. The molecule has 0 aliphatic carbocycles. The summed E-state index contributed by atoms with van der Waals surface area (Å²) >= 11 is 0. The summed E-state index contributed by atoms with van der Waals surface area (Å²) < 4.78 is 18.2. The van der Waals surface area contributed by atoms with E-state index in [4.69, 9.17) is 4.74 Å². The SMILES string of the molecule is C=CCC(C)c1cc(F)ccc1OC. The Kier molecular flexibility index (Phi) is 3.69. The first kappa shape index (κ1) is 10.8. The highest BCUT2D eigenvalue weighted by molar-refractivity contribution is 5.36. The molecule has 14 heavy (non-hydrogen) atoms. The van der Waals surface area contributed by atoms with Crippen LogP contribution in [0, 0.1) is 5.82 Å². The summed E-state index contributed by atoms with van der Waals surface area (Å²) in [6, 6.07) is 4.58. The van der Waals surface area contributed by atoms with Gasteiger partial charge in [0.05, 0.1) is 7.11 Å². The molecule has 0 N–H and O–H groups in total. The number of ether oxygens (including phenoxy) is 1. The average Bonchev–Trinajstić information content (AvgIpc) is 2.18. The molecule has 0 amide bonds. The molecule has 1 aromatic rings. The molecule has 1 nitrogen and oxygen atoms in total. The molecule has 0 spiro atoms. The van der Waals surface area contributed by atoms with Crippen LogP contribution in [0.5, 0.6) is 5.75 Å². The first-order valence-corrected chi connectivity index (χ1v) is 4.63. The lowest BCUT2D eigenvalue weighted by atomic mass is 9.97. The third kappa shape index (κ3) is 2.34. The summed E-state index contributed by atoms with van der Waals surface area (Å²) in [6.45, 7) is 5.70. The minimum absolute atomic E-state index is 0.225. The normalized spacial score (nSPS) is 12.2. The Morgan fingerprint density at radius 2 is 2.29 bits per heavy atom. The van der Waals surface area contributed by atoms with Crippen LogP contribution in [-0.4, -0.2) is 7.11 Å². The molecule has 2 heteroatoms. The van der Waals surface area contributed by atoms with E-state index in [1.165, 1.54) is 12.1 Å². The van der Waals surface area contributed by atoms with E-state index in [0.717, 1.165) is 17.7 Å². The standard InChI is InChI=1S/C12H15FO/c1-4-5-9(2)11-8-10(13)6-7-12(11)14-3/h4,6-9H,1,5H2,2-3H3. The molecule has 1 atom stereocenters. The Morgan fingerprint density at radius 1 is 1.57 bits per heavy atom. The van der Waals surface area contributed by atoms with Gasteiger partial charge in [0.15, 0.2) is 0 Å². The van der Waals surface area contributed by atoms with E-state index in [-0.39, 0.29) is 11.7 Å². The molecular weight excluding hydrogens is 179 g/mol. The van der Waals surface area contributed by atoms with E-state index in [1.807, 2.05) is 13.0 Å². The number of allylic oxidation sites excluding steroid dienone is 1. The number of benzene rings is 1. The predicted octanol–water partition coefficient (Wildman–Crippen LogP) is 3.51. The first-order valence-electron chi connectivity index (χ1n) is 4.63. The average molecular weight is 194 g/mol. The smallest absolute Gasteiger partial charge is 0.123 e. The maximum atomic E-state index is 13.0. The van der Waals surface area contributed by atoms with Gasteiger partial charge in [-0.05, 0) is 30.5 Å². The second-order valence-electron chi connectivity index (χ2n) is 3.31. The molecule has 1 aromatic carbocycles. The van der Waals surface area contributed by atoms with E-state index in [9.17, 15) is 4.39 Å². The summed E-state index contributed by atoms with van der Waals surface area (Å²) in [5.74, 6) is 0.746. The minimum Gasteiger partial charge on any atom is -0.496 e. The zero-order valence-electron chi connectivity index (χ0n) is 8.59. The zero-order chi connectivity index (χ0) is 10.6. The van der Waals surface area contributed by atoms with Gasteiger partial charge < -0.3 is 4.74 Å². The monoisotopic (exact) mass is 194 g/mol. The van der Waals surface area contributed by atoms with Crippen LogP contribution in [0.3, 0.4) is 0 Å². The van der Waals surface area contributed by atoms with E-state index in [1.54, 1.807) is 13.2 Å². The number of methoxy groups -OCH3 is 1. The van der Waals surface area contributed by atoms with Crippen LogP contribution in [0.25, 0.3) is 0 Å². The van der Waals surface area contributed by atoms with Gasteiger partial charge in [-0.25, -0.2) is 4.39 Å². The summed E-state index contributed by atoms with van der Waals surface area (Å²) in [6.07, 6.45) is 2.65. The summed E-state index contributed by atoms with van der Waals surface area (Å²) in [5, 5.41) is 0. The van der Waals surface area contributed by atoms with Gasteiger partial charge in [-0.3, -0.25) is 0 Å². The fraction of sp³-hybridized carbons (Fsp3) is 0.333. The molecule has 0 bridgehead atoms. The van der Waals surface area contributed by atoms with E-state index >= 15 is 0 Å². The molecule has 1 rings (SSSR count). The van der Waals surface area contributed by atoms with Crippen molar-refractivity contribution >= 4 is 0 Å². The van der Waals surface area contributed by atoms with Crippen molar-refractivity contribution < 1.29 is 9.13 Å². The Bertz CT molecular complexity index is 320. The number of hydrogen-bond acceptors (Lipinski definition) is 1. The van der Waals surface area contributed by atoms with Gasteiger partial charge in [-0.1, -0.05) is 13.0 Å². The maximum Gasteiger partial charge on any atom is 0.123 e. The van der Waals surface area contributed by atoms with Crippen LogP contribution in [0.4, 0.5) is 4.39 Å². The van der Waals surface area contributed by atoms with E-state index < -0.39 is 0 Å². The molecule has 1 unspecified atom stereocenters. The van der Waals surface area contributed by atoms with Gasteiger partial charge in [0.1, 0.15) is 11.6 Å².